The number of nitrogens with one attached hydrogen (secondary N) is 1. The quantitative estimate of drug-likeness (QED) is 0.824. The van der Waals surface area contributed by atoms with Crippen LogP contribution < -0.4 is 5.32 Å². The first-order chi connectivity index (χ1) is 6.89. The number of rotatable bonds is 3. The number of hydrogen-bond acceptors (Lipinski definition) is 1. The fraction of sp³-hybridized carbons (Fsp3) is 0.538. The van der Waals surface area contributed by atoms with Crippen molar-refractivity contribution in [3.8, 4) is 0 Å². The highest BCUT2D eigenvalue weighted by Gasteiger charge is 2.18. The average Bonchev–Trinajstić information content (AvgIpc) is 2.15. The van der Waals surface area contributed by atoms with Gasteiger partial charge in [-0.2, -0.15) is 0 Å². The maximum absolute atomic E-state index is 5.83. The summed E-state index contributed by atoms with van der Waals surface area (Å²) in [6.45, 7) is 9.84. The molecule has 1 unspecified atom stereocenters. The first-order valence-corrected chi connectivity index (χ1v) is 5.75. The van der Waals surface area contributed by atoms with Crippen LogP contribution in [-0.4, -0.2) is 6.04 Å². The Hall–Kier alpha value is -0.530. The molecule has 0 saturated heterocycles. The van der Waals surface area contributed by atoms with Crippen LogP contribution in [0.15, 0.2) is 24.3 Å². The van der Waals surface area contributed by atoms with Crippen molar-refractivity contribution in [3.05, 3.63) is 34.9 Å². The molecule has 1 N–H and O–H groups in total. The highest BCUT2D eigenvalue weighted by atomic mass is 35.5. The van der Waals surface area contributed by atoms with Gasteiger partial charge in [-0.3, -0.25) is 0 Å². The van der Waals surface area contributed by atoms with E-state index in [0.717, 1.165) is 11.6 Å². The number of benzene rings is 1. The minimum atomic E-state index is 0.298. The van der Waals surface area contributed by atoms with E-state index in [1.165, 1.54) is 5.56 Å². The normalized spacial score (nSPS) is 13.9. The molecule has 0 aliphatic heterocycles. The predicted octanol–water partition coefficient (Wildman–Crippen LogP) is 3.86. The van der Waals surface area contributed by atoms with E-state index in [4.69, 9.17) is 11.6 Å². The monoisotopic (exact) mass is 225 g/mol. The summed E-state index contributed by atoms with van der Waals surface area (Å²) in [5.41, 5.74) is 1.57. The molecule has 0 saturated carbocycles. The lowest BCUT2D eigenvalue weighted by Gasteiger charge is -2.28. The van der Waals surface area contributed by atoms with Gasteiger partial charge in [0.1, 0.15) is 0 Å². The Morgan fingerprint density at radius 3 is 2.20 bits per heavy atom. The fourth-order valence-electron chi connectivity index (χ4n) is 1.18. The Kier molecular flexibility index (Phi) is 4.18. The predicted molar refractivity (Wildman–Crippen MR) is 67.2 cm³/mol. The summed E-state index contributed by atoms with van der Waals surface area (Å²) < 4.78 is 0. The molecule has 1 atom stereocenters. The number of halogens is 1. The third kappa shape index (κ3) is 4.23. The van der Waals surface area contributed by atoms with Crippen LogP contribution in [0.25, 0.3) is 0 Å². The Bertz CT molecular complexity index is 297. The molecule has 1 nitrogen and oxygen atoms in total. The van der Waals surface area contributed by atoms with E-state index >= 15 is 0 Å². The molecule has 1 aromatic carbocycles. The summed E-state index contributed by atoms with van der Waals surface area (Å²) in [6, 6.07) is 8.48. The van der Waals surface area contributed by atoms with Crippen LogP contribution in [0.4, 0.5) is 0 Å². The Balaban J connectivity index is 2.47. The Morgan fingerprint density at radius 2 is 1.73 bits per heavy atom. The molecule has 15 heavy (non-hydrogen) atoms. The Labute approximate surface area is 97.8 Å². The average molecular weight is 226 g/mol. The maximum Gasteiger partial charge on any atom is 0.0406 e. The van der Waals surface area contributed by atoms with E-state index in [0.29, 0.717) is 11.5 Å². The highest BCUT2D eigenvalue weighted by molar-refractivity contribution is 6.30. The van der Waals surface area contributed by atoms with Crippen molar-refractivity contribution >= 4 is 11.6 Å². The van der Waals surface area contributed by atoms with Gasteiger partial charge in [0.2, 0.25) is 0 Å². The van der Waals surface area contributed by atoms with Crippen LogP contribution in [-0.2, 0) is 6.54 Å². The first-order valence-electron chi connectivity index (χ1n) is 5.37. The fourth-order valence-corrected chi connectivity index (χ4v) is 1.31. The molecule has 0 aromatic heterocycles. The van der Waals surface area contributed by atoms with Crippen LogP contribution >= 0.6 is 11.6 Å². The molecule has 0 radical (unpaired) electrons. The maximum atomic E-state index is 5.83. The molecule has 84 valence electrons. The zero-order valence-electron chi connectivity index (χ0n) is 9.97. The lowest BCUT2D eigenvalue weighted by Crippen LogP contribution is -2.37. The van der Waals surface area contributed by atoms with Crippen molar-refractivity contribution < 1.29 is 0 Å². The van der Waals surface area contributed by atoms with Gasteiger partial charge in [0.25, 0.3) is 0 Å². The van der Waals surface area contributed by atoms with Gasteiger partial charge in [0.05, 0.1) is 0 Å². The summed E-state index contributed by atoms with van der Waals surface area (Å²) in [4.78, 5) is 0. The summed E-state index contributed by atoms with van der Waals surface area (Å²) in [5.74, 6) is 0. The van der Waals surface area contributed by atoms with Crippen molar-refractivity contribution in [2.24, 2.45) is 5.41 Å². The van der Waals surface area contributed by atoms with Gasteiger partial charge in [-0.1, -0.05) is 44.5 Å². The van der Waals surface area contributed by atoms with E-state index in [1.807, 2.05) is 12.1 Å². The second kappa shape index (κ2) is 5.00. The second-order valence-corrected chi connectivity index (χ2v) is 5.53. The first kappa shape index (κ1) is 12.5. The molecule has 1 aromatic rings. The van der Waals surface area contributed by atoms with E-state index in [1.54, 1.807) is 0 Å². The van der Waals surface area contributed by atoms with Crippen LogP contribution in [0.1, 0.15) is 33.3 Å². The molecule has 0 aliphatic carbocycles. The van der Waals surface area contributed by atoms with Gasteiger partial charge in [-0.15, -0.1) is 0 Å². The summed E-state index contributed by atoms with van der Waals surface area (Å²) in [7, 11) is 0. The van der Waals surface area contributed by atoms with Gasteiger partial charge in [-0.05, 0) is 30.0 Å². The molecule has 0 bridgehead atoms. The molecular formula is C13H20ClN. The number of hydrogen-bond donors (Lipinski definition) is 1. The summed E-state index contributed by atoms with van der Waals surface area (Å²) in [6.07, 6.45) is 0. The standard InChI is InChI=1S/C13H20ClN/c1-10(13(2,3)4)15-9-11-5-7-12(14)8-6-11/h5-8,10,15H,9H2,1-4H3. The molecule has 0 spiro atoms. The van der Waals surface area contributed by atoms with Crippen LogP contribution in [0.2, 0.25) is 5.02 Å². The minimum Gasteiger partial charge on any atom is -0.310 e. The van der Waals surface area contributed by atoms with Crippen molar-refractivity contribution in [3.63, 3.8) is 0 Å². The smallest absolute Gasteiger partial charge is 0.0406 e. The summed E-state index contributed by atoms with van der Waals surface area (Å²) >= 11 is 5.83. The van der Waals surface area contributed by atoms with Crippen LogP contribution in [0, 0.1) is 5.41 Å². The van der Waals surface area contributed by atoms with Gasteiger partial charge < -0.3 is 5.32 Å². The molecule has 0 heterocycles. The third-order valence-corrected chi connectivity index (χ3v) is 3.08. The summed E-state index contributed by atoms with van der Waals surface area (Å²) in [5, 5.41) is 4.31. The molecule has 0 fully saturated rings. The second-order valence-electron chi connectivity index (χ2n) is 5.10. The van der Waals surface area contributed by atoms with Gasteiger partial charge >= 0.3 is 0 Å². The van der Waals surface area contributed by atoms with Crippen molar-refractivity contribution in [1.82, 2.24) is 5.32 Å². The van der Waals surface area contributed by atoms with Crippen molar-refractivity contribution in [1.29, 1.82) is 0 Å². The van der Waals surface area contributed by atoms with Gasteiger partial charge in [-0.25, -0.2) is 0 Å². The van der Waals surface area contributed by atoms with Crippen LogP contribution in [0.3, 0.4) is 0 Å². The van der Waals surface area contributed by atoms with E-state index in [2.05, 4.69) is 45.1 Å². The molecule has 1 rings (SSSR count). The van der Waals surface area contributed by atoms with Crippen molar-refractivity contribution in [2.75, 3.05) is 0 Å². The van der Waals surface area contributed by atoms with E-state index in [9.17, 15) is 0 Å². The van der Waals surface area contributed by atoms with Gasteiger partial charge in [0, 0.05) is 17.6 Å². The molecule has 0 aliphatic rings. The van der Waals surface area contributed by atoms with E-state index < -0.39 is 0 Å². The minimum absolute atomic E-state index is 0.298. The van der Waals surface area contributed by atoms with Crippen molar-refractivity contribution in [2.45, 2.75) is 40.3 Å². The molecule has 0 amide bonds. The third-order valence-electron chi connectivity index (χ3n) is 2.82. The topological polar surface area (TPSA) is 12.0 Å². The van der Waals surface area contributed by atoms with E-state index in [-0.39, 0.29) is 0 Å². The lowest BCUT2D eigenvalue weighted by molar-refractivity contribution is 0.285. The lowest BCUT2D eigenvalue weighted by atomic mass is 9.88. The SMILES string of the molecule is CC(NCc1ccc(Cl)cc1)C(C)(C)C. The van der Waals surface area contributed by atoms with Crippen LogP contribution in [0.5, 0.6) is 0 Å². The highest BCUT2D eigenvalue weighted by Crippen LogP contribution is 2.19. The Morgan fingerprint density at radius 1 is 1.20 bits per heavy atom. The molecule has 2 heteroatoms. The zero-order chi connectivity index (χ0) is 11.5. The zero-order valence-corrected chi connectivity index (χ0v) is 10.7. The largest absolute Gasteiger partial charge is 0.310 e. The molecular weight excluding hydrogens is 206 g/mol. The van der Waals surface area contributed by atoms with Gasteiger partial charge in [0.15, 0.2) is 0 Å².